The molecule has 0 aliphatic carbocycles. The molecule has 1 N–H and O–H groups in total. The first-order chi connectivity index (χ1) is 18.3. The van der Waals surface area contributed by atoms with Gasteiger partial charge in [0, 0.05) is 5.69 Å². The molecule has 5 rings (SSSR count). The van der Waals surface area contributed by atoms with Gasteiger partial charge in [-0.2, -0.15) is 0 Å². The summed E-state index contributed by atoms with van der Waals surface area (Å²) >= 11 is 0.830. The van der Waals surface area contributed by atoms with Crippen LogP contribution in [0.3, 0.4) is 0 Å². The summed E-state index contributed by atoms with van der Waals surface area (Å²) in [6.45, 7) is 3.98. The van der Waals surface area contributed by atoms with Crippen molar-refractivity contribution in [2.24, 2.45) is 0 Å². The fourth-order valence-corrected chi connectivity index (χ4v) is 5.17. The fourth-order valence-electron chi connectivity index (χ4n) is 4.33. The van der Waals surface area contributed by atoms with E-state index in [-0.39, 0.29) is 11.4 Å². The number of ether oxygens (including phenoxy) is 1. The molecule has 0 saturated carbocycles. The van der Waals surface area contributed by atoms with Gasteiger partial charge in [0.25, 0.3) is 11.1 Å². The highest BCUT2D eigenvalue weighted by Gasteiger charge is 2.36. The minimum absolute atomic E-state index is 0.277. The molecule has 0 bridgehead atoms. The monoisotopic (exact) mass is 522 g/mol. The lowest BCUT2D eigenvalue weighted by molar-refractivity contribution is -0.127. The molecule has 0 aromatic heterocycles. The Hall–Kier alpha value is -4.36. The molecule has 1 heterocycles. The molecule has 1 fully saturated rings. The number of nitrogens with zero attached hydrogens (tertiary/aromatic N) is 1. The van der Waals surface area contributed by atoms with Gasteiger partial charge < -0.3 is 10.1 Å². The number of carbonyl (C=O) groups is 3. The molecule has 6 nitrogen and oxygen atoms in total. The van der Waals surface area contributed by atoms with E-state index in [9.17, 15) is 14.4 Å². The minimum atomic E-state index is -0.479. The molecule has 3 amide bonds. The number of rotatable bonds is 7. The molecular formula is C31H26N2O4S. The highest BCUT2D eigenvalue weighted by Crippen LogP contribution is 2.32. The number of carbonyl (C=O) groups excluding carboxylic acids is 3. The van der Waals surface area contributed by atoms with Crippen molar-refractivity contribution < 1.29 is 19.1 Å². The summed E-state index contributed by atoms with van der Waals surface area (Å²) < 4.78 is 5.93. The van der Waals surface area contributed by atoms with Gasteiger partial charge in [0.15, 0.2) is 0 Å². The summed E-state index contributed by atoms with van der Waals surface area (Å²) in [5.74, 6) is -0.204. The van der Waals surface area contributed by atoms with E-state index in [1.165, 1.54) is 10.8 Å². The van der Waals surface area contributed by atoms with Gasteiger partial charge in [-0.25, -0.2) is 0 Å². The summed E-state index contributed by atoms with van der Waals surface area (Å²) in [5.41, 5.74) is 4.49. The van der Waals surface area contributed by atoms with E-state index in [1.807, 2.05) is 68.4 Å². The second-order valence-electron chi connectivity index (χ2n) is 9.23. The van der Waals surface area contributed by atoms with Crippen LogP contribution >= 0.6 is 11.8 Å². The Morgan fingerprint density at radius 2 is 1.61 bits per heavy atom. The van der Waals surface area contributed by atoms with E-state index in [1.54, 1.807) is 6.08 Å². The first-order valence-electron chi connectivity index (χ1n) is 12.2. The van der Waals surface area contributed by atoms with E-state index in [0.29, 0.717) is 18.0 Å². The molecular weight excluding hydrogens is 496 g/mol. The maximum absolute atomic E-state index is 12.8. The first-order valence-corrected chi connectivity index (χ1v) is 13.0. The topological polar surface area (TPSA) is 75.7 Å². The molecule has 0 spiro atoms. The van der Waals surface area contributed by atoms with E-state index in [4.69, 9.17) is 4.74 Å². The van der Waals surface area contributed by atoms with Crippen molar-refractivity contribution in [2.45, 2.75) is 20.5 Å². The molecule has 4 aromatic carbocycles. The molecule has 1 aliphatic heterocycles. The first kappa shape index (κ1) is 25.3. The SMILES string of the molecule is Cc1cc(C)cc(NC(=O)CN2C(=O)S/C(=C\c3ccc(OCc4ccc5ccccc5c4)cc3)C2=O)c1. The summed E-state index contributed by atoms with van der Waals surface area (Å²) in [5, 5.41) is 4.66. The van der Waals surface area contributed by atoms with Gasteiger partial charge >= 0.3 is 0 Å². The molecule has 4 aromatic rings. The van der Waals surface area contributed by atoms with Crippen LogP contribution in [-0.4, -0.2) is 28.5 Å². The quantitative estimate of drug-likeness (QED) is 0.273. The van der Waals surface area contributed by atoms with E-state index >= 15 is 0 Å². The zero-order valence-electron chi connectivity index (χ0n) is 21.1. The number of benzene rings is 4. The van der Waals surface area contributed by atoms with Crippen LogP contribution in [0.2, 0.25) is 0 Å². The Bertz CT molecular complexity index is 1560. The van der Waals surface area contributed by atoms with Gasteiger partial charge in [0.2, 0.25) is 5.91 Å². The third kappa shape index (κ3) is 5.95. The third-order valence-electron chi connectivity index (χ3n) is 6.08. The van der Waals surface area contributed by atoms with Crippen molar-refractivity contribution >= 4 is 51.4 Å². The Balaban J connectivity index is 1.19. The Morgan fingerprint density at radius 3 is 2.34 bits per heavy atom. The van der Waals surface area contributed by atoms with Crippen LogP contribution in [0.5, 0.6) is 5.75 Å². The van der Waals surface area contributed by atoms with Gasteiger partial charge in [0.05, 0.1) is 4.91 Å². The number of imide groups is 1. The third-order valence-corrected chi connectivity index (χ3v) is 6.99. The highest BCUT2D eigenvalue weighted by atomic mass is 32.2. The van der Waals surface area contributed by atoms with Gasteiger partial charge in [-0.1, -0.05) is 54.6 Å². The molecule has 0 radical (unpaired) electrons. The van der Waals surface area contributed by atoms with Crippen LogP contribution in [0, 0.1) is 13.8 Å². The predicted octanol–water partition coefficient (Wildman–Crippen LogP) is 6.71. The molecule has 0 atom stereocenters. The minimum Gasteiger partial charge on any atom is -0.489 e. The lowest BCUT2D eigenvalue weighted by atomic mass is 10.1. The normalized spacial score (nSPS) is 14.4. The van der Waals surface area contributed by atoms with Crippen molar-refractivity contribution in [3.05, 3.63) is 112 Å². The molecule has 38 heavy (non-hydrogen) atoms. The Morgan fingerprint density at radius 1 is 0.895 bits per heavy atom. The number of aryl methyl sites for hydroxylation is 2. The Labute approximate surface area is 225 Å². The van der Waals surface area contributed by atoms with Crippen molar-refractivity contribution in [1.82, 2.24) is 4.90 Å². The van der Waals surface area contributed by atoms with Gasteiger partial charge in [-0.05, 0) is 95.0 Å². The standard InChI is InChI=1S/C31H26N2O4S/c1-20-13-21(2)15-26(14-20)32-29(34)18-33-30(35)28(38-31(33)36)17-22-8-11-27(12-9-22)37-19-23-7-10-24-5-3-4-6-25(24)16-23/h3-17H,18-19H2,1-2H3,(H,32,34)/b28-17-. The molecule has 190 valence electrons. The summed E-state index contributed by atoms with van der Waals surface area (Å²) in [6, 6.07) is 27.4. The number of nitrogens with one attached hydrogen (secondary N) is 1. The lowest BCUT2D eigenvalue weighted by Gasteiger charge is -2.13. The summed E-state index contributed by atoms with van der Waals surface area (Å²) in [4.78, 5) is 39.1. The number of hydrogen-bond donors (Lipinski definition) is 1. The number of hydrogen-bond acceptors (Lipinski definition) is 5. The average molecular weight is 523 g/mol. The van der Waals surface area contributed by atoms with Crippen LogP contribution in [0.1, 0.15) is 22.3 Å². The molecule has 1 saturated heterocycles. The van der Waals surface area contributed by atoms with Crippen LogP contribution < -0.4 is 10.1 Å². The van der Waals surface area contributed by atoms with Crippen LogP contribution in [0.15, 0.2) is 89.8 Å². The average Bonchev–Trinajstić information content (AvgIpc) is 3.14. The van der Waals surface area contributed by atoms with Crippen molar-refractivity contribution in [2.75, 3.05) is 11.9 Å². The second kappa shape index (κ2) is 10.9. The van der Waals surface area contributed by atoms with Gasteiger partial charge in [0.1, 0.15) is 18.9 Å². The number of thioether (sulfide) groups is 1. The summed E-state index contributed by atoms with van der Waals surface area (Å²) in [7, 11) is 0. The van der Waals surface area contributed by atoms with Gasteiger partial charge in [-0.15, -0.1) is 0 Å². The number of anilines is 1. The van der Waals surface area contributed by atoms with Crippen molar-refractivity contribution in [1.29, 1.82) is 0 Å². The van der Waals surface area contributed by atoms with Gasteiger partial charge in [-0.3, -0.25) is 19.3 Å². The smallest absolute Gasteiger partial charge is 0.294 e. The van der Waals surface area contributed by atoms with Crippen molar-refractivity contribution in [3.63, 3.8) is 0 Å². The second-order valence-corrected chi connectivity index (χ2v) is 10.2. The van der Waals surface area contributed by atoms with Crippen LogP contribution in [0.4, 0.5) is 10.5 Å². The highest BCUT2D eigenvalue weighted by molar-refractivity contribution is 8.18. The van der Waals surface area contributed by atoms with Crippen LogP contribution in [-0.2, 0) is 16.2 Å². The van der Waals surface area contributed by atoms with E-state index < -0.39 is 17.1 Å². The molecule has 7 heteroatoms. The number of fused-ring (bicyclic) bond motifs is 1. The maximum atomic E-state index is 12.8. The summed E-state index contributed by atoms with van der Waals surface area (Å²) in [6.07, 6.45) is 1.65. The zero-order valence-corrected chi connectivity index (χ0v) is 21.9. The maximum Gasteiger partial charge on any atom is 0.294 e. The van der Waals surface area contributed by atoms with Crippen molar-refractivity contribution in [3.8, 4) is 5.75 Å². The predicted molar refractivity (Wildman–Crippen MR) is 152 cm³/mol. The Kier molecular flexibility index (Phi) is 7.29. The number of amides is 3. The van der Waals surface area contributed by atoms with E-state index in [2.05, 4.69) is 35.6 Å². The lowest BCUT2D eigenvalue weighted by Crippen LogP contribution is -2.36. The molecule has 0 unspecified atom stereocenters. The van der Waals surface area contributed by atoms with Crippen LogP contribution in [0.25, 0.3) is 16.8 Å². The molecule has 1 aliphatic rings. The fraction of sp³-hybridized carbons (Fsp3) is 0.129. The van der Waals surface area contributed by atoms with E-state index in [0.717, 1.165) is 38.9 Å². The largest absolute Gasteiger partial charge is 0.489 e. The zero-order chi connectivity index (χ0) is 26.6.